The molecule has 4 fully saturated rings. The predicted octanol–water partition coefficient (Wildman–Crippen LogP) is 2.21. The molecule has 4 aliphatic heterocycles. The first-order chi connectivity index (χ1) is 30.0. The van der Waals surface area contributed by atoms with Crippen molar-refractivity contribution in [3.05, 3.63) is 71.6 Å². The van der Waals surface area contributed by atoms with E-state index >= 15 is 0 Å². The third-order valence-electron chi connectivity index (χ3n) is 12.8. The average Bonchev–Trinajstić information content (AvgIpc) is 3.80. The Labute approximate surface area is 356 Å². The van der Waals surface area contributed by atoms with Crippen LogP contribution in [0.1, 0.15) is 101 Å². The van der Waals surface area contributed by atoms with Gasteiger partial charge in [-0.2, -0.15) is 0 Å². The number of pyridine rings is 1. The minimum absolute atomic E-state index is 0.0248. The summed E-state index contributed by atoms with van der Waals surface area (Å²) in [4.78, 5) is 113. The van der Waals surface area contributed by atoms with Crippen LogP contribution >= 0.6 is 0 Å². The molecule has 0 radical (unpaired) electrons. The van der Waals surface area contributed by atoms with E-state index in [9.17, 15) is 33.6 Å². The highest BCUT2D eigenvalue weighted by Crippen LogP contribution is 2.36. The monoisotopic (exact) mass is 844 g/mol. The van der Waals surface area contributed by atoms with E-state index in [-0.39, 0.29) is 72.3 Å². The Morgan fingerprint density at radius 2 is 1.56 bits per heavy atom. The maximum atomic E-state index is 13.4. The van der Waals surface area contributed by atoms with Crippen LogP contribution in [-0.2, 0) is 19.2 Å². The zero-order chi connectivity index (χ0) is 43.1. The van der Waals surface area contributed by atoms with Crippen LogP contribution in [0.2, 0.25) is 0 Å². The fourth-order valence-electron chi connectivity index (χ4n) is 9.26. The van der Waals surface area contributed by atoms with Crippen molar-refractivity contribution in [3.63, 3.8) is 0 Å². The Kier molecular flexibility index (Phi) is 11.1. The van der Waals surface area contributed by atoms with Crippen molar-refractivity contribution in [1.29, 1.82) is 0 Å². The lowest BCUT2D eigenvalue weighted by molar-refractivity contribution is -0.137. The Hall–Kier alpha value is -6.79. The second-order valence-corrected chi connectivity index (χ2v) is 16.9. The van der Waals surface area contributed by atoms with Crippen molar-refractivity contribution in [2.45, 2.75) is 88.9 Å². The summed E-state index contributed by atoms with van der Waals surface area (Å²) in [6.07, 6.45) is 8.27. The van der Waals surface area contributed by atoms with Crippen LogP contribution in [0, 0.1) is 12.8 Å². The number of fused-ring (bicyclic) bond motifs is 2. The summed E-state index contributed by atoms with van der Waals surface area (Å²) in [5.41, 5.74) is 3.21. The van der Waals surface area contributed by atoms with Crippen LogP contribution in [0.5, 0.6) is 0 Å². The van der Waals surface area contributed by atoms with Crippen molar-refractivity contribution in [3.8, 4) is 0 Å². The van der Waals surface area contributed by atoms with Crippen molar-refractivity contribution < 1.29 is 33.6 Å². The second kappa shape index (κ2) is 16.9. The molecule has 322 valence electrons. The molecule has 0 bridgehead atoms. The van der Waals surface area contributed by atoms with Crippen molar-refractivity contribution >= 4 is 64.0 Å². The van der Waals surface area contributed by atoms with E-state index in [0.717, 1.165) is 41.9 Å². The number of imide groups is 2. The average molecular weight is 845 g/mol. The van der Waals surface area contributed by atoms with E-state index in [1.807, 2.05) is 24.0 Å². The largest absolute Gasteiger partial charge is 0.375 e. The number of imidazole rings is 1. The smallest absolute Gasteiger partial charge is 0.270 e. The van der Waals surface area contributed by atoms with E-state index in [4.69, 9.17) is 0 Å². The Morgan fingerprint density at radius 1 is 0.823 bits per heavy atom. The summed E-state index contributed by atoms with van der Waals surface area (Å²) in [5.74, 6) is -1.78. The standard InChI is InChI=1S/C43H48N12O7/c1-24-4-2-7-31(48-24)40(59)50-27-19-28(20-27)54-23-47-37-38(45-22-46-39(37)54)49-26-12-16-52(17-13-26)34(57)18-25-10-14-53(15-11-25)35(58)21-44-30-6-3-5-29-36(30)43(62)55(42(29)61)32-8-9-33(56)51-41(32)60/h2-7,22-23,25-28,32,44H,8-21H2,1H3,(H,50,59)(H,45,46,49)(H,51,56,60)/t27?,28?,32-/m0/s1. The number of carbonyl (C=O) groups excluding carboxylic acids is 7. The van der Waals surface area contributed by atoms with Gasteiger partial charge in [-0.3, -0.25) is 43.8 Å². The molecule has 7 amide bonds. The molecule has 1 saturated carbocycles. The van der Waals surface area contributed by atoms with Crippen molar-refractivity contribution in [2.75, 3.05) is 43.4 Å². The molecule has 7 heterocycles. The van der Waals surface area contributed by atoms with Gasteiger partial charge in [0.25, 0.3) is 17.7 Å². The topological polar surface area (TPSA) is 234 Å². The van der Waals surface area contributed by atoms with E-state index < -0.39 is 29.7 Å². The number of carbonyl (C=O) groups is 7. The van der Waals surface area contributed by atoms with Gasteiger partial charge in [-0.25, -0.2) is 19.9 Å². The van der Waals surface area contributed by atoms with Crippen LogP contribution in [0.25, 0.3) is 11.2 Å². The summed E-state index contributed by atoms with van der Waals surface area (Å²) < 4.78 is 2.05. The number of anilines is 2. The lowest BCUT2D eigenvalue weighted by Crippen LogP contribution is -2.54. The Morgan fingerprint density at radius 3 is 2.32 bits per heavy atom. The van der Waals surface area contributed by atoms with Gasteiger partial charge in [-0.05, 0) is 82.1 Å². The number of benzene rings is 1. The summed E-state index contributed by atoms with van der Waals surface area (Å²) in [6, 6.07) is 9.38. The predicted molar refractivity (Wildman–Crippen MR) is 223 cm³/mol. The van der Waals surface area contributed by atoms with Gasteiger partial charge in [0.15, 0.2) is 11.5 Å². The molecule has 19 heteroatoms. The van der Waals surface area contributed by atoms with Gasteiger partial charge in [0, 0.05) is 68.5 Å². The number of aromatic nitrogens is 5. The highest BCUT2D eigenvalue weighted by Gasteiger charge is 2.46. The molecule has 0 unspecified atom stereocenters. The summed E-state index contributed by atoms with van der Waals surface area (Å²) in [6.45, 7) is 4.02. The Balaban J connectivity index is 0.705. The summed E-state index contributed by atoms with van der Waals surface area (Å²) in [5, 5.41) is 11.9. The number of nitrogens with zero attached hydrogens (tertiary/aromatic N) is 8. The van der Waals surface area contributed by atoms with E-state index in [0.29, 0.717) is 68.2 Å². The van der Waals surface area contributed by atoms with Crippen molar-refractivity contribution in [2.24, 2.45) is 5.92 Å². The number of rotatable bonds is 11. The third-order valence-corrected chi connectivity index (χ3v) is 12.8. The van der Waals surface area contributed by atoms with E-state index in [2.05, 4.69) is 45.8 Å². The van der Waals surface area contributed by atoms with Gasteiger partial charge in [0.05, 0.1) is 24.0 Å². The van der Waals surface area contributed by atoms with Crippen LogP contribution in [0.4, 0.5) is 11.5 Å². The van der Waals surface area contributed by atoms with E-state index in [1.165, 1.54) is 6.07 Å². The zero-order valence-corrected chi connectivity index (χ0v) is 34.3. The summed E-state index contributed by atoms with van der Waals surface area (Å²) >= 11 is 0. The first kappa shape index (κ1) is 40.6. The number of amides is 7. The van der Waals surface area contributed by atoms with Crippen LogP contribution in [-0.4, -0.2) is 131 Å². The number of piperidine rings is 3. The number of nitrogens with one attached hydrogen (secondary N) is 4. The lowest BCUT2D eigenvalue weighted by atomic mass is 9.86. The molecule has 0 spiro atoms. The molecule has 62 heavy (non-hydrogen) atoms. The summed E-state index contributed by atoms with van der Waals surface area (Å²) in [7, 11) is 0. The molecule has 1 aliphatic carbocycles. The first-order valence-corrected chi connectivity index (χ1v) is 21.3. The number of aryl methyl sites for hydroxylation is 1. The molecule has 3 aromatic heterocycles. The maximum absolute atomic E-state index is 13.4. The first-order valence-electron chi connectivity index (χ1n) is 21.3. The van der Waals surface area contributed by atoms with Gasteiger partial charge >= 0.3 is 0 Å². The van der Waals surface area contributed by atoms with Gasteiger partial charge in [-0.1, -0.05) is 12.1 Å². The highest BCUT2D eigenvalue weighted by molar-refractivity contribution is 6.25. The van der Waals surface area contributed by atoms with Crippen LogP contribution in [0.3, 0.4) is 0 Å². The quantitative estimate of drug-likeness (QED) is 0.159. The number of likely N-dealkylation sites (tertiary alicyclic amines) is 2. The highest BCUT2D eigenvalue weighted by atomic mass is 16.2. The zero-order valence-electron chi connectivity index (χ0n) is 34.3. The molecular formula is C43H48N12O7. The van der Waals surface area contributed by atoms with Crippen molar-refractivity contribution in [1.82, 2.24) is 49.8 Å². The Bertz CT molecular complexity index is 2470. The number of hydrogen-bond acceptors (Lipinski definition) is 13. The minimum Gasteiger partial charge on any atom is -0.375 e. The fraction of sp³-hybridized carbons (Fsp3) is 0.465. The molecular weight excluding hydrogens is 797 g/mol. The second-order valence-electron chi connectivity index (χ2n) is 16.9. The molecule has 4 aromatic rings. The lowest BCUT2D eigenvalue weighted by Gasteiger charge is -2.36. The van der Waals surface area contributed by atoms with Crippen LogP contribution in [0.15, 0.2) is 49.1 Å². The minimum atomic E-state index is -1.08. The van der Waals surface area contributed by atoms with Crippen LogP contribution < -0.4 is 21.3 Å². The third kappa shape index (κ3) is 8.05. The molecule has 1 aromatic carbocycles. The normalized spacial score (nSPS) is 22.0. The molecule has 3 saturated heterocycles. The van der Waals surface area contributed by atoms with Gasteiger partial charge in [0.2, 0.25) is 23.6 Å². The fourth-order valence-corrected chi connectivity index (χ4v) is 9.26. The van der Waals surface area contributed by atoms with E-state index in [1.54, 1.807) is 35.8 Å². The molecule has 1 atom stereocenters. The molecule has 5 aliphatic rings. The van der Waals surface area contributed by atoms with Gasteiger partial charge < -0.3 is 30.3 Å². The SMILES string of the molecule is Cc1cccc(C(=O)NC2CC(n3cnc4c(NC5CCN(C(=O)CC6CCN(C(=O)CNc7cccc8c7C(=O)N([C@H]7CCC(=O)NC7=O)C8=O)CC6)CC5)ncnc43)C2)n1. The van der Waals surface area contributed by atoms with Gasteiger partial charge in [0.1, 0.15) is 23.6 Å². The maximum Gasteiger partial charge on any atom is 0.270 e. The number of hydrogen-bond donors (Lipinski definition) is 4. The molecule has 19 nitrogen and oxygen atoms in total. The molecule has 9 rings (SSSR count). The van der Waals surface area contributed by atoms with Gasteiger partial charge in [-0.15, -0.1) is 0 Å². The molecule has 4 N–H and O–H groups in total.